The topological polar surface area (TPSA) is 32.3 Å². The second kappa shape index (κ2) is 3.54. The first-order valence-electron chi connectivity index (χ1n) is 5.67. The summed E-state index contributed by atoms with van der Waals surface area (Å²) in [4.78, 5) is 14.0. The fraction of sp³-hybridized carbons (Fsp3) is 0.909. The van der Waals surface area contributed by atoms with Gasteiger partial charge < -0.3 is 10.2 Å². The van der Waals surface area contributed by atoms with E-state index in [1.165, 1.54) is 0 Å². The summed E-state index contributed by atoms with van der Waals surface area (Å²) < 4.78 is 0. The van der Waals surface area contributed by atoms with Crippen LogP contribution >= 0.6 is 0 Å². The minimum Gasteiger partial charge on any atom is -0.349 e. The van der Waals surface area contributed by atoms with Crippen molar-refractivity contribution < 1.29 is 4.79 Å². The van der Waals surface area contributed by atoms with Crippen LogP contribution in [0.2, 0.25) is 0 Å². The quantitative estimate of drug-likeness (QED) is 0.730. The van der Waals surface area contributed by atoms with E-state index in [9.17, 15) is 4.79 Å². The average Bonchev–Trinajstić information content (AvgIpc) is 2.91. The van der Waals surface area contributed by atoms with E-state index in [2.05, 4.69) is 24.1 Å². The van der Waals surface area contributed by atoms with Gasteiger partial charge in [0, 0.05) is 19.0 Å². The first-order valence-corrected chi connectivity index (χ1v) is 5.67. The molecule has 3 heteroatoms. The van der Waals surface area contributed by atoms with Crippen molar-refractivity contribution in [3.8, 4) is 0 Å². The summed E-state index contributed by atoms with van der Waals surface area (Å²) in [6.07, 6.45) is 3.29. The molecular formula is C11H20N2O. The Balaban J connectivity index is 1.86. The smallest absolute Gasteiger partial charge is 0.223 e. The van der Waals surface area contributed by atoms with E-state index < -0.39 is 0 Å². The highest BCUT2D eigenvalue weighted by atomic mass is 16.2. The molecule has 0 aromatic rings. The van der Waals surface area contributed by atoms with Crippen LogP contribution in [0.15, 0.2) is 0 Å². The lowest BCUT2D eigenvalue weighted by molar-refractivity contribution is -0.123. The van der Waals surface area contributed by atoms with Gasteiger partial charge in [0.15, 0.2) is 0 Å². The Hall–Kier alpha value is -0.570. The first kappa shape index (κ1) is 9.97. The largest absolute Gasteiger partial charge is 0.349 e. The van der Waals surface area contributed by atoms with Gasteiger partial charge in [-0.15, -0.1) is 0 Å². The highest BCUT2D eigenvalue weighted by Crippen LogP contribution is 2.30. The van der Waals surface area contributed by atoms with E-state index in [-0.39, 0.29) is 11.4 Å². The molecule has 80 valence electrons. The van der Waals surface area contributed by atoms with Gasteiger partial charge in [-0.2, -0.15) is 0 Å². The third-order valence-electron chi connectivity index (χ3n) is 3.37. The van der Waals surface area contributed by atoms with Crippen molar-refractivity contribution in [2.24, 2.45) is 5.92 Å². The number of amides is 1. The number of likely N-dealkylation sites (N-methyl/N-ethyl adjacent to an activating group) is 1. The van der Waals surface area contributed by atoms with Crippen molar-refractivity contribution in [3.63, 3.8) is 0 Å². The molecular weight excluding hydrogens is 176 g/mol. The molecule has 1 aliphatic carbocycles. The normalized spacial score (nSPS) is 33.3. The molecule has 0 aromatic carbocycles. The van der Waals surface area contributed by atoms with Gasteiger partial charge in [-0.05, 0) is 32.7 Å². The molecule has 0 aromatic heterocycles. The average molecular weight is 196 g/mol. The second-order valence-electron chi connectivity index (χ2n) is 4.94. The molecule has 0 bridgehead atoms. The molecule has 14 heavy (non-hydrogen) atoms. The fourth-order valence-electron chi connectivity index (χ4n) is 2.17. The molecule has 1 amide bonds. The van der Waals surface area contributed by atoms with Crippen LogP contribution in [-0.4, -0.2) is 36.0 Å². The van der Waals surface area contributed by atoms with Gasteiger partial charge in [0.2, 0.25) is 5.91 Å². The Kier molecular flexibility index (Phi) is 2.52. The molecule has 1 atom stereocenters. The molecule has 1 saturated heterocycles. The Morgan fingerprint density at radius 3 is 2.79 bits per heavy atom. The van der Waals surface area contributed by atoms with E-state index >= 15 is 0 Å². The zero-order valence-electron chi connectivity index (χ0n) is 9.18. The summed E-state index contributed by atoms with van der Waals surface area (Å²) in [6.45, 7) is 7.58. The Morgan fingerprint density at radius 1 is 1.57 bits per heavy atom. The molecule has 1 aliphatic heterocycles. The maximum absolute atomic E-state index is 11.6. The predicted octanol–water partition coefficient (Wildman–Crippen LogP) is 0.997. The van der Waals surface area contributed by atoms with Crippen LogP contribution in [0.25, 0.3) is 0 Å². The first-order chi connectivity index (χ1) is 6.63. The number of hydrogen-bond acceptors (Lipinski definition) is 2. The molecule has 3 nitrogen and oxygen atoms in total. The van der Waals surface area contributed by atoms with Crippen LogP contribution in [0, 0.1) is 5.92 Å². The van der Waals surface area contributed by atoms with Crippen molar-refractivity contribution in [2.75, 3.05) is 19.6 Å². The maximum Gasteiger partial charge on any atom is 0.223 e. The van der Waals surface area contributed by atoms with E-state index in [0.29, 0.717) is 5.92 Å². The molecule has 1 heterocycles. The lowest BCUT2D eigenvalue weighted by atomic mass is 10.0. The Labute approximate surface area is 85.8 Å². The van der Waals surface area contributed by atoms with Gasteiger partial charge >= 0.3 is 0 Å². The highest BCUT2D eigenvalue weighted by molar-refractivity contribution is 5.81. The summed E-state index contributed by atoms with van der Waals surface area (Å²) in [5.41, 5.74) is 0.0374. The fourth-order valence-corrected chi connectivity index (χ4v) is 2.17. The zero-order valence-corrected chi connectivity index (χ0v) is 9.18. The monoisotopic (exact) mass is 196 g/mol. The van der Waals surface area contributed by atoms with Crippen LogP contribution in [-0.2, 0) is 4.79 Å². The minimum atomic E-state index is 0.0374. The molecule has 2 fully saturated rings. The molecule has 0 radical (unpaired) electrons. The van der Waals surface area contributed by atoms with Crippen LogP contribution in [0.1, 0.15) is 33.1 Å². The summed E-state index contributed by atoms with van der Waals surface area (Å²) >= 11 is 0. The van der Waals surface area contributed by atoms with E-state index in [0.717, 1.165) is 38.9 Å². The molecule has 0 spiro atoms. The standard InChI is InChI=1S/C11H20N2O/c1-3-13-7-6-11(2,8-13)12-10(14)9-4-5-9/h9H,3-8H2,1-2H3,(H,12,14). The van der Waals surface area contributed by atoms with Gasteiger partial charge in [0.25, 0.3) is 0 Å². The highest BCUT2D eigenvalue weighted by Gasteiger charge is 2.38. The number of likely N-dealkylation sites (tertiary alicyclic amines) is 1. The van der Waals surface area contributed by atoms with E-state index in [4.69, 9.17) is 0 Å². The number of hydrogen-bond donors (Lipinski definition) is 1. The minimum absolute atomic E-state index is 0.0374. The van der Waals surface area contributed by atoms with Crippen molar-refractivity contribution in [1.29, 1.82) is 0 Å². The maximum atomic E-state index is 11.6. The number of nitrogens with one attached hydrogen (secondary N) is 1. The van der Waals surface area contributed by atoms with Crippen LogP contribution < -0.4 is 5.32 Å². The van der Waals surface area contributed by atoms with Crippen molar-refractivity contribution in [3.05, 3.63) is 0 Å². The van der Waals surface area contributed by atoms with Crippen LogP contribution in [0.5, 0.6) is 0 Å². The third-order valence-corrected chi connectivity index (χ3v) is 3.37. The van der Waals surface area contributed by atoms with Gasteiger partial charge in [-0.25, -0.2) is 0 Å². The zero-order chi connectivity index (χ0) is 10.2. The van der Waals surface area contributed by atoms with Gasteiger partial charge in [0.1, 0.15) is 0 Å². The van der Waals surface area contributed by atoms with Gasteiger partial charge in [-0.1, -0.05) is 6.92 Å². The van der Waals surface area contributed by atoms with Crippen LogP contribution in [0.4, 0.5) is 0 Å². The van der Waals surface area contributed by atoms with E-state index in [1.807, 2.05) is 0 Å². The van der Waals surface area contributed by atoms with Gasteiger partial charge in [0.05, 0.1) is 5.54 Å². The summed E-state index contributed by atoms with van der Waals surface area (Å²) in [5, 5.41) is 3.20. The lowest BCUT2D eigenvalue weighted by Gasteiger charge is -2.26. The Morgan fingerprint density at radius 2 is 2.29 bits per heavy atom. The Bertz CT molecular complexity index is 237. The van der Waals surface area contributed by atoms with Crippen molar-refractivity contribution in [1.82, 2.24) is 10.2 Å². The number of carbonyl (C=O) groups excluding carboxylic acids is 1. The molecule has 1 N–H and O–H groups in total. The van der Waals surface area contributed by atoms with E-state index in [1.54, 1.807) is 0 Å². The molecule has 1 unspecified atom stereocenters. The lowest BCUT2D eigenvalue weighted by Crippen LogP contribution is -2.48. The second-order valence-corrected chi connectivity index (χ2v) is 4.94. The molecule has 2 aliphatic rings. The third kappa shape index (κ3) is 2.08. The predicted molar refractivity (Wildman–Crippen MR) is 56.0 cm³/mol. The number of rotatable bonds is 3. The summed E-state index contributed by atoms with van der Waals surface area (Å²) in [5.74, 6) is 0.618. The number of nitrogens with zero attached hydrogens (tertiary/aromatic N) is 1. The van der Waals surface area contributed by atoms with Crippen molar-refractivity contribution in [2.45, 2.75) is 38.6 Å². The number of carbonyl (C=O) groups is 1. The summed E-state index contributed by atoms with van der Waals surface area (Å²) in [6, 6.07) is 0. The van der Waals surface area contributed by atoms with Gasteiger partial charge in [-0.3, -0.25) is 4.79 Å². The van der Waals surface area contributed by atoms with Crippen molar-refractivity contribution >= 4 is 5.91 Å². The SMILES string of the molecule is CCN1CCC(C)(NC(=O)C2CC2)C1. The molecule has 1 saturated carbocycles. The summed E-state index contributed by atoms with van der Waals surface area (Å²) in [7, 11) is 0. The molecule has 2 rings (SSSR count). The van der Waals surface area contributed by atoms with Crippen LogP contribution in [0.3, 0.4) is 0 Å².